The Labute approximate surface area is 122 Å². The highest BCUT2D eigenvalue weighted by molar-refractivity contribution is 6.32. The van der Waals surface area contributed by atoms with E-state index in [4.69, 9.17) is 22.1 Å². The van der Waals surface area contributed by atoms with Crippen LogP contribution in [0.1, 0.15) is 11.1 Å². The lowest BCUT2D eigenvalue weighted by molar-refractivity contribution is 0.424. The fourth-order valence-electron chi connectivity index (χ4n) is 1.52. The van der Waals surface area contributed by atoms with E-state index >= 15 is 0 Å². The van der Waals surface area contributed by atoms with Crippen molar-refractivity contribution in [1.82, 2.24) is 4.98 Å². The Morgan fingerprint density at radius 3 is 2.74 bits per heavy atom. The van der Waals surface area contributed by atoms with E-state index in [1.165, 1.54) is 12.1 Å². The first kappa shape index (κ1) is 15.7. The number of aromatic nitrogens is 1. The number of hydrogen-bond acceptors (Lipinski definition) is 3. The zero-order valence-electron chi connectivity index (χ0n) is 10.2. The maximum atomic E-state index is 13.6. The molecule has 0 saturated carbocycles. The van der Waals surface area contributed by atoms with E-state index in [9.17, 15) is 4.39 Å². The first-order valence-electron chi connectivity index (χ1n) is 5.39. The van der Waals surface area contributed by atoms with Crippen LogP contribution in [-0.4, -0.2) is 4.98 Å². The highest BCUT2D eigenvalue weighted by atomic mass is 35.5. The highest BCUT2D eigenvalue weighted by Gasteiger charge is 2.11. The van der Waals surface area contributed by atoms with Gasteiger partial charge in [0.1, 0.15) is 0 Å². The SMILES string of the molecule is Cc1cc(CN)cnc1Oc1c(F)cccc1Cl.Cl. The number of aryl methyl sites for hydroxylation is 1. The Hall–Kier alpha value is -1.36. The molecule has 1 aromatic carbocycles. The normalized spacial score (nSPS) is 9.89. The molecule has 0 aliphatic rings. The topological polar surface area (TPSA) is 48.1 Å². The largest absolute Gasteiger partial charge is 0.434 e. The zero-order chi connectivity index (χ0) is 13.1. The van der Waals surface area contributed by atoms with Gasteiger partial charge < -0.3 is 10.5 Å². The summed E-state index contributed by atoms with van der Waals surface area (Å²) in [5, 5.41) is 0.208. The van der Waals surface area contributed by atoms with E-state index in [1.54, 1.807) is 12.3 Å². The van der Waals surface area contributed by atoms with Gasteiger partial charge in [0, 0.05) is 18.3 Å². The number of nitrogens with zero attached hydrogens (tertiary/aromatic N) is 1. The Morgan fingerprint density at radius 2 is 2.16 bits per heavy atom. The van der Waals surface area contributed by atoms with E-state index in [0.29, 0.717) is 12.4 Å². The Morgan fingerprint density at radius 1 is 1.42 bits per heavy atom. The molecule has 0 atom stereocenters. The molecule has 0 fully saturated rings. The van der Waals surface area contributed by atoms with Gasteiger partial charge in [0.2, 0.25) is 5.88 Å². The van der Waals surface area contributed by atoms with E-state index in [2.05, 4.69) is 4.98 Å². The number of benzene rings is 1. The molecular weight excluding hydrogens is 290 g/mol. The molecule has 0 aliphatic carbocycles. The van der Waals surface area contributed by atoms with Gasteiger partial charge in [-0.3, -0.25) is 0 Å². The van der Waals surface area contributed by atoms with Crippen molar-refractivity contribution in [2.24, 2.45) is 5.73 Å². The van der Waals surface area contributed by atoms with E-state index < -0.39 is 5.82 Å². The molecule has 0 amide bonds. The van der Waals surface area contributed by atoms with E-state index in [0.717, 1.165) is 11.1 Å². The molecule has 2 N–H and O–H groups in total. The van der Waals surface area contributed by atoms with Gasteiger partial charge in [0.15, 0.2) is 11.6 Å². The maximum absolute atomic E-state index is 13.6. The second-order valence-electron chi connectivity index (χ2n) is 3.82. The number of ether oxygens (including phenoxy) is 1. The third kappa shape index (κ3) is 3.56. The van der Waals surface area contributed by atoms with Crippen molar-refractivity contribution in [3.05, 3.63) is 52.4 Å². The summed E-state index contributed by atoms with van der Waals surface area (Å²) in [6.07, 6.45) is 1.59. The smallest absolute Gasteiger partial charge is 0.222 e. The molecule has 102 valence electrons. The Balaban J connectivity index is 0.00000180. The van der Waals surface area contributed by atoms with Crippen LogP contribution in [0.3, 0.4) is 0 Å². The van der Waals surface area contributed by atoms with Crippen LogP contribution in [0.25, 0.3) is 0 Å². The average molecular weight is 303 g/mol. The molecule has 0 spiro atoms. The Kier molecular flexibility index (Phi) is 5.54. The number of nitrogens with two attached hydrogens (primary N) is 1. The molecule has 2 aromatic rings. The summed E-state index contributed by atoms with van der Waals surface area (Å²) < 4.78 is 19.0. The molecule has 0 saturated heterocycles. The van der Waals surface area contributed by atoms with E-state index in [-0.39, 0.29) is 23.2 Å². The summed E-state index contributed by atoms with van der Waals surface area (Å²) in [6.45, 7) is 2.21. The average Bonchev–Trinajstić information content (AvgIpc) is 2.35. The molecule has 19 heavy (non-hydrogen) atoms. The van der Waals surface area contributed by atoms with Crippen molar-refractivity contribution in [2.75, 3.05) is 0 Å². The second kappa shape index (κ2) is 6.70. The molecule has 1 heterocycles. The minimum Gasteiger partial charge on any atom is -0.434 e. The molecule has 0 unspecified atom stereocenters. The predicted octanol–water partition coefficient (Wildman–Crippen LogP) is 3.86. The van der Waals surface area contributed by atoms with Crippen LogP contribution in [0.15, 0.2) is 30.5 Å². The minimum atomic E-state index is -0.522. The van der Waals surface area contributed by atoms with Crippen molar-refractivity contribution >= 4 is 24.0 Å². The van der Waals surface area contributed by atoms with Crippen LogP contribution >= 0.6 is 24.0 Å². The minimum absolute atomic E-state index is 0. The van der Waals surface area contributed by atoms with Gasteiger partial charge in [0.25, 0.3) is 0 Å². The van der Waals surface area contributed by atoms with Crippen molar-refractivity contribution in [1.29, 1.82) is 0 Å². The second-order valence-corrected chi connectivity index (χ2v) is 4.23. The molecular formula is C13H13Cl2FN2O. The number of para-hydroxylation sites is 1. The lowest BCUT2D eigenvalue weighted by Gasteiger charge is -2.10. The molecule has 0 aliphatic heterocycles. The van der Waals surface area contributed by atoms with Crippen LogP contribution in [0, 0.1) is 12.7 Å². The van der Waals surface area contributed by atoms with E-state index in [1.807, 2.05) is 13.0 Å². The van der Waals surface area contributed by atoms with Gasteiger partial charge in [-0.1, -0.05) is 17.7 Å². The highest BCUT2D eigenvalue weighted by Crippen LogP contribution is 2.32. The zero-order valence-corrected chi connectivity index (χ0v) is 11.8. The fraction of sp³-hybridized carbons (Fsp3) is 0.154. The summed E-state index contributed by atoms with van der Waals surface area (Å²) in [5.41, 5.74) is 7.17. The predicted molar refractivity (Wildman–Crippen MR) is 75.6 cm³/mol. The van der Waals surface area contributed by atoms with Crippen LogP contribution in [0.2, 0.25) is 5.02 Å². The van der Waals surface area contributed by atoms with Crippen molar-refractivity contribution < 1.29 is 9.13 Å². The fourth-order valence-corrected chi connectivity index (χ4v) is 1.72. The van der Waals surface area contributed by atoms with Crippen LogP contribution in [0.4, 0.5) is 4.39 Å². The quantitative estimate of drug-likeness (QED) is 0.936. The lowest BCUT2D eigenvalue weighted by atomic mass is 10.2. The van der Waals surface area contributed by atoms with Gasteiger partial charge in [0.05, 0.1) is 5.02 Å². The molecule has 0 bridgehead atoms. The molecule has 3 nitrogen and oxygen atoms in total. The molecule has 1 aromatic heterocycles. The third-order valence-electron chi connectivity index (χ3n) is 2.44. The van der Waals surface area contributed by atoms with Gasteiger partial charge in [-0.2, -0.15) is 0 Å². The molecule has 6 heteroatoms. The lowest BCUT2D eigenvalue weighted by Crippen LogP contribution is -2.00. The first-order valence-corrected chi connectivity index (χ1v) is 5.77. The van der Waals surface area contributed by atoms with Crippen molar-refractivity contribution in [2.45, 2.75) is 13.5 Å². The summed E-state index contributed by atoms with van der Waals surface area (Å²) in [7, 11) is 0. The maximum Gasteiger partial charge on any atom is 0.222 e. The van der Waals surface area contributed by atoms with Crippen LogP contribution in [-0.2, 0) is 6.54 Å². The van der Waals surface area contributed by atoms with Crippen molar-refractivity contribution in [3.8, 4) is 11.6 Å². The van der Waals surface area contributed by atoms with Gasteiger partial charge in [-0.15, -0.1) is 12.4 Å². The Bertz CT molecular complexity index is 558. The first-order chi connectivity index (χ1) is 8.61. The summed E-state index contributed by atoms with van der Waals surface area (Å²) in [5.74, 6) is -0.221. The van der Waals surface area contributed by atoms with Crippen LogP contribution in [0.5, 0.6) is 11.6 Å². The monoisotopic (exact) mass is 302 g/mol. The van der Waals surface area contributed by atoms with Gasteiger partial charge in [-0.05, 0) is 30.7 Å². The number of hydrogen-bond donors (Lipinski definition) is 1. The standard InChI is InChI=1S/C13H12ClFN2O.ClH/c1-8-5-9(6-16)7-17-13(8)18-12-10(14)3-2-4-11(12)15;/h2-5,7H,6,16H2,1H3;1H. The summed E-state index contributed by atoms with van der Waals surface area (Å²) in [4.78, 5) is 4.10. The number of rotatable bonds is 3. The van der Waals surface area contributed by atoms with Gasteiger partial charge in [-0.25, -0.2) is 9.37 Å². The summed E-state index contributed by atoms with van der Waals surface area (Å²) in [6, 6.07) is 6.20. The number of halogens is 3. The third-order valence-corrected chi connectivity index (χ3v) is 2.74. The van der Waals surface area contributed by atoms with Crippen molar-refractivity contribution in [3.63, 3.8) is 0 Å². The van der Waals surface area contributed by atoms with Gasteiger partial charge >= 0.3 is 0 Å². The molecule has 0 radical (unpaired) electrons. The summed E-state index contributed by atoms with van der Waals surface area (Å²) >= 11 is 5.88. The van der Waals surface area contributed by atoms with Crippen LogP contribution < -0.4 is 10.5 Å². The molecule has 2 rings (SSSR count). The number of pyridine rings is 1.